The van der Waals surface area contributed by atoms with Gasteiger partial charge in [-0.05, 0) is 55.0 Å². The molecule has 0 heterocycles. The third kappa shape index (κ3) is 4.18. The second-order valence-electron chi connectivity index (χ2n) is 4.87. The van der Waals surface area contributed by atoms with Crippen molar-refractivity contribution >= 4 is 17.3 Å². The van der Waals surface area contributed by atoms with E-state index in [0.717, 1.165) is 0 Å². The van der Waals surface area contributed by atoms with Crippen molar-refractivity contribution in [1.82, 2.24) is 0 Å². The third-order valence-corrected chi connectivity index (χ3v) is 3.23. The number of benzene rings is 2. The quantitative estimate of drug-likeness (QED) is 0.630. The fraction of sp³-hybridized carbons (Fsp3) is 0.176. The summed E-state index contributed by atoms with van der Waals surface area (Å²) in [5, 5.41) is 9.17. The molecule has 0 atom stereocenters. The summed E-state index contributed by atoms with van der Waals surface area (Å²) in [7, 11) is 0. The Kier molecular flexibility index (Phi) is 4.72. The summed E-state index contributed by atoms with van der Waals surface area (Å²) in [6, 6.07) is 12.9. The summed E-state index contributed by atoms with van der Waals surface area (Å²) in [5.74, 6) is 0.110. The van der Waals surface area contributed by atoms with E-state index in [9.17, 15) is 9.59 Å². The molecule has 0 fully saturated rings. The molecule has 0 radical (unpaired) electrons. The molecule has 0 aliphatic carbocycles. The van der Waals surface area contributed by atoms with Crippen molar-refractivity contribution in [3.05, 3.63) is 59.7 Å². The van der Waals surface area contributed by atoms with E-state index in [-0.39, 0.29) is 17.3 Å². The number of rotatable bonds is 6. The van der Waals surface area contributed by atoms with Crippen molar-refractivity contribution in [3.8, 4) is 5.75 Å². The fourth-order valence-corrected chi connectivity index (χ4v) is 2.01. The SMILES string of the molecule is Nc1ccc(C(=O)CCCC(=O)c2ccc(O)cc2)cc1. The van der Waals surface area contributed by atoms with E-state index in [1.807, 2.05) is 0 Å². The zero-order chi connectivity index (χ0) is 15.2. The smallest absolute Gasteiger partial charge is 0.162 e. The van der Waals surface area contributed by atoms with Crippen LogP contribution in [-0.2, 0) is 0 Å². The molecule has 4 nitrogen and oxygen atoms in total. The van der Waals surface area contributed by atoms with Gasteiger partial charge >= 0.3 is 0 Å². The molecule has 0 amide bonds. The largest absolute Gasteiger partial charge is 0.508 e. The van der Waals surface area contributed by atoms with Gasteiger partial charge in [0.05, 0.1) is 0 Å². The maximum Gasteiger partial charge on any atom is 0.162 e. The number of carbonyl (C=O) groups excluding carboxylic acids is 2. The van der Waals surface area contributed by atoms with Crippen LogP contribution in [0.2, 0.25) is 0 Å². The first-order valence-corrected chi connectivity index (χ1v) is 6.77. The molecule has 0 aliphatic heterocycles. The van der Waals surface area contributed by atoms with Crippen LogP contribution in [0.1, 0.15) is 40.0 Å². The topological polar surface area (TPSA) is 80.4 Å². The minimum atomic E-state index is -0.0277. The Labute approximate surface area is 123 Å². The van der Waals surface area contributed by atoms with Crippen LogP contribution in [0, 0.1) is 0 Å². The van der Waals surface area contributed by atoms with Gasteiger partial charge in [0, 0.05) is 29.7 Å². The summed E-state index contributed by atoms with van der Waals surface area (Å²) >= 11 is 0. The normalized spacial score (nSPS) is 10.3. The predicted molar refractivity (Wildman–Crippen MR) is 81.5 cm³/mol. The lowest BCUT2D eigenvalue weighted by atomic mass is 10.0. The monoisotopic (exact) mass is 283 g/mol. The number of aromatic hydroxyl groups is 1. The first-order chi connectivity index (χ1) is 10.1. The van der Waals surface area contributed by atoms with Gasteiger partial charge in [-0.3, -0.25) is 9.59 Å². The molecule has 0 bridgehead atoms. The van der Waals surface area contributed by atoms with E-state index in [4.69, 9.17) is 10.8 Å². The van der Waals surface area contributed by atoms with Gasteiger partial charge in [-0.25, -0.2) is 0 Å². The van der Waals surface area contributed by atoms with Gasteiger partial charge in [-0.15, -0.1) is 0 Å². The van der Waals surface area contributed by atoms with Crippen molar-refractivity contribution in [2.75, 3.05) is 5.73 Å². The minimum absolute atomic E-state index is 0.00788. The molecular formula is C17H17NO3. The van der Waals surface area contributed by atoms with Gasteiger partial charge in [-0.1, -0.05) is 0 Å². The van der Waals surface area contributed by atoms with E-state index in [0.29, 0.717) is 36.1 Å². The lowest BCUT2D eigenvalue weighted by Gasteiger charge is -2.03. The van der Waals surface area contributed by atoms with Crippen LogP contribution in [0.3, 0.4) is 0 Å². The Bertz CT molecular complexity index is 573. The van der Waals surface area contributed by atoms with Crippen molar-refractivity contribution in [2.24, 2.45) is 0 Å². The van der Waals surface area contributed by atoms with Crippen molar-refractivity contribution in [2.45, 2.75) is 19.3 Å². The van der Waals surface area contributed by atoms with Crippen LogP contribution in [0.15, 0.2) is 48.5 Å². The molecule has 0 aromatic heterocycles. The highest BCUT2D eigenvalue weighted by molar-refractivity contribution is 5.98. The van der Waals surface area contributed by atoms with Crippen LogP contribution in [0.5, 0.6) is 5.75 Å². The molecule has 0 spiro atoms. The molecule has 0 saturated heterocycles. The molecule has 0 aliphatic rings. The average Bonchev–Trinajstić information content (AvgIpc) is 2.48. The molecule has 0 unspecified atom stereocenters. The highest BCUT2D eigenvalue weighted by Crippen LogP contribution is 2.14. The Morgan fingerprint density at radius 1 is 0.810 bits per heavy atom. The molecule has 2 aromatic carbocycles. The Balaban J connectivity index is 1.83. The Morgan fingerprint density at radius 2 is 1.24 bits per heavy atom. The number of Topliss-reactive ketones (excluding diaryl/α,β-unsaturated/α-hetero) is 2. The maximum atomic E-state index is 11.9. The second-order valence-corrected chi connectivity index (χ2v) is 4.87. The van der Waals surface area contributed by atoms with Crippen LogP contribution in [0.25, 0.3) is 0 Å². The molecule has 21 heavy (non-hydrogen) atoms. The summed E-state index contributed by atoms with van der Waals surface area (Å²) in [5.41, 5.74) is 7.35. The number of nitrogens with two attached hydrogens (primary N) is 1. The zero-order valence-electron chi connectivity index (χ0n) is 11.6. The fourth-order valence-electron chi connectivity index (χ4n) is 2.01. The Hall–Kier alpha value is -2.62. The minimum Gasteiger partial charge on any atom is -0.508 e. The molecule has 3 N–H and O–H groups in total. The lowest BCUT2D eigenvalue weighted by molar-refractivity contribution is 0.0957. The van der Waals surface area contributed by atoms with E-state index in [2.05, 4.69) is 0 Å². The first kappa shape index (κ1) is 14.8. The molecular weight excluding hydrogens is 266 g/mol. The second kappa shape index (κ2) is 6.70. The maximum absolute atomic E-state index is 11.9. The molecule has 108 valence electrons. The number of carbonyl (C=O) groups is 2. The van der Waals surface area contributed by atoms with Crippen LogP contribution in [0.4, 0.5) is 5.69 Å². The number of hydrogen-bond acceptors (Lipinski definition) is 4. The number of anilines is 1. The van der Waals surface area contributed by atoms with Gasteiger partial charge in [0.25, 0.3) is 0 Å². The summed E-state index contributed by atoms with van der Waals surface area (Å²) in [6.45, 7) is 0. The van der Waals surface area contributed by atoms with E-state index < -0.39 is 0 Å². The average molecular weight is 283 g/mol. The van der Waals surface area contributed by atoms with Gasteiger partial charge in [0.1, 0.15) is 5.75 Å². The highest BCUT2D eigenvalue weighted by atomic mass is 16.3. The predicted octanol–water partition coefficient (Wildman–Crippen LogP) is 3.21. The highest BCUT2D eigenvalue weighted by Gasteiger charge is 2.09. The number of ketones is 2. The van der Waals surface area contributed by atoms with Crippen molar-refractivity contribution in [3.63, 3.8) is 0 Å². The number of phenols is 1. The van der Waals surface area contributed by atoms with Crippen molar-refractivity contribution < 1.29 is 14.7 Å². The third-order valence-electron chi connectivity index (χ3n) is 3.23. The van der Waals surface area contributed by atoms with E-state index >= 15 is 0 Å². The number of nitrogen functional groups attached to an aromatic ring is 1. The first-order valence-electron chi connectivity index (χ1n) is 6.77. The standard InChI is InChI=1S/C17H17NO3/c18-14-8-4-12(5-9-14)16(20)2-1-3-17(21)13-6-10-15(19)11-7-13/h4-11,19H,1-3,18H2. The summed E-state index contributed by atoms with van der Waals surface area (Å²) < 4.78 is 0. The Morgan fingerprint density at radius 3 is 1.71 bits per heavy atom. The van der Waals surface area contributed by atoms with E-state index in [1.54, 1.807) is 36.4 Å². The number of hydrogen-bond donors (Lipinski definition) is 2. The molecule has 2 rings (SSSR count). The summed E-state index contributed by atoms with van der Waals surface area (Å²) in [6.07, 6.45) is 1.14. The van der Waals surface area contributed by atoms with Crippen LogP contribution >= 0.6 is 0 Å². The van der Waals surface area contributed by atoms with Crippen LogP contribution < -0.4 is 5.73 Å². The van der Waals surface area contributed by atoms with Gasteiger partial charge in [0.2, 0.25) is 0 Å². The summed E-state index contributed by atoms with van der Waals surface area (Å²) in [4.78, 5) is 23.8. The van der Waals surface area contributed by atoms with Gasteiger partial charge in [-0.2, -0.15) is 0 Å². The molecule has 2 aromatic rings. The number of phenolic OH excluding ortho intramolecular Hbond substituents is 1. The van der Waals surface area contributed by atoms with Crippen molar-refractivity contribution in [1.29, 1.82) is 0 Å². The zero-order valence-corrected chi connectivity index (χ0v) is 11.6. The van der Waals surface area contributed by atoms with Crippen LogP contribution in [-0.4, -0.2) is 16.7 Å². The molecule has 4 heteroatoms. The molecule has 0 saturated carbocycles. The van der Waals surface area contributed by atoms with Gasteiger partial charge in [0.15, 0.2) is 11.6 Å². The lowest BCUT2D eigenvalue weighted by Crippen LogP contribution is -2.03. The van der Waals surface area contributed by atoms with E-state index in [1.165, 1.54) is 12.1 Å². The van der Waals surface area contributed by atoms with Gasteiger partial charge < -0.3 is 10.8 Å².